The first kappa shape index (κ1) is 12.0. The highest BCUT2D eigenvalue weighted by molar-refractivity contribution is 6.30. The lowest BCUT2D eigenvalue weighted by atomic mass is 10.00. The zero-order valence-electron chi connectivity index (χ0n) is 8.34. The molecule has 1 aromatic rings. The molecule has 0 spiro atoms. The summed E-state index contributed by atoms with van der Waals surface area (Å²) in [5.74, 6) is -4.06. The number of hydrogen-bond acceptors (Lipinski definition) is 2. The summed E-state index contributed by atoms with van der Waals surface area (Å²) in [5, 5.41) is 1.92. The molecule has 1 aliphatic heterocycles. The Bertz CT molecular complexity index is 447. The summed E-state index contributed by atoms with van der Waals surface area (Å²) in [6.07, 6.45) is -0.971. The number of cyclic esters (lactones) is 1. The molecule has 1 aromatic carbocycles. The van der Waals surface area contributed by atoms with E-state index in [0.717, 1.165) is 12.1 Å². The second-order valence-electron chi connectivity index (χ2n) is 3.62. The van der Waals surface area contributed by atoms with Crippen LogP contribution in [-0.2, 0) is 4.74 Å². The molecule has 1 aliphatic rings. The molecule has 92 valence electrons. The number of alkyl carbamates (subject to hydrolysis) is 1. The largest absolute Gasteiger partial charge is 0.443 e. The van der Waals surface area contributed by atoms with Crippen molar-refractivity contribution < 1.29 is 22.7 Å². The predicted octanol–water partition coefficient (Wildman–Crippen LogP) is 2.90. The number of carbonyl (C=O) groups excluding carboxylic acids is 1. The van der Waals surface area contributed by atoms with Crippen LogP contribution in [0.2, 0.25) is 5.02 Å². The van der Waals surface area contributed by atoms with Gasteiger partial charge in [-0.2, -0.15) is 0 Å². The highest BCUT2D eigenvalue weighted by Crippen LogP contribution is 2.35. The normalized spacial score (nSPS) is 22.8. The van der Waals surface area contributed by atoms with Crippen LogP contribution in [-0.4, -0.2) is 18.6 Å². The van der Waals surface area contributed by atoms with Crippen LogP contribution in [0.4, 0.5) is 18.0 Å². The lowest BCUT2D eigenvalue weighted by Gasteiger charge is -2.31. The number of benzene rings is 1. The Hall–Kier alpha value is -1.43. The lowest BCUT2D eigenvalue weighted by Crippen LogP contribution is -2.49. The highest BCUT2D eigenvalue weighted by atomic mass is 35.5. The lowest BCUT2D eigenvalue weighted by molar-refractivity contribution is -0.104. The smallest absolute Gasteiger partial charge is 0.408 e. The predicted molar refractivity (Wildman–Crippen MR) is 53.6 cm³/mol. The first-order chi connectivity index (χ1) is 7.88. The highest BCUT2D eigenvalue weighted by Gasteiger charge is 2.46. The molecule has 1 fully saturated rings. The molecule has 0 saturated carbocycles. The topological polar surface area (TPSA) is 38.3 Å². The molecule has 0 aromatic heterocycles. The van der Waals surface area contributed by atoms with Gasteiger partial charge in [0, 0.05) is 5.02 Å². The van der Waals surface area contributed by atoms with E-state index in [-0.39, 0.29) is 10.6 Å². The maximum absolute atomic E-state index is 13.5. The fourth-order valence-corrected chi connectivity index (χ4v) is 1.81. The van der Waals surface area contributed by atoms with Gasteiger partial charge in [-0.25, -0.2) is 18.0 Å². The molecule has 7 heteroatoms. The van der Waals surface area contributed by atoms with Crippen molar-refractivity contribution in [2.45, 2.75) is 12.0 Å². The average Bonchev–Trinajstić information content (AvgIpc) is 2.20. The molecule has 2 rings (SSSR count). The van der Waals surface area contributed by atoms with Gasteiger partial charge in [-0.05, 0) is 23.8 Å². The van der Waals surface area contributed by atoms with E-state index in [2.05, 4.69) is 4.74 Å². The summed E-state index contributed by atoms with van der Waals surface area (Å²) in [5.41, 5.74) is -0.100. The van der Waals surface area contributed by atoms with E-state index in [9.17, 15) is 18.0 Å². The van der Waals surface area contributed by atoms with Gasteiger partial charge in [0.15, 0.2) is 6.61 Å². The SMILES string of the molecule is O=C1N[C@H](c2cc(F)cc(Cl)c2)C(F)(F)CO1. The molecule has 0 aliphatic carbocycles. The van der Waals surface area contributed by atoms with Crippen LogP contribution in [0.3, 0.4) is 0 Å². The number of rotatable bonds is 1. The van der Waals surface area contributed by atoms with Crippen LogP contribution in [0.1, 0.15) is 11.6 Å². The maximum Gasteiger partial charge on any atom is 0.408 e. The van der Waals surface area contributed by atoms with Crippen molar-refractivity contribution in [2.75, 3.05) is 6.61 Å². The fourth-order valence-electron chi connectivity index (χ4n) is 1.58. The van der Waals surface area contributed by atoms with E-state index >= 15 is 0 Å². The molecular weight excluding hydrogens is 259 g/mol. The number of hydrogen-bond donors (Lipinski definition) is 1. The summed E-state index contributed by atoms with van der Waals surface area (Å²) >= 11 is 5.57. The van der Waals surface area contributed by atoms with Gasteiger partial charge < -0.3 is 10.1 Å². The van der Waals surface area contributed by atoms with Gasteiger partial charge in [-0.1, -0.05) is 11.6 Å². The first-order valence-electron chi connectivity index (χ1n) is 4.65. The molecule has 17 heavy (non-hydrogen) atoms. The maximum atomic E-state index is 13.5. The number of carbonyl (C=O) groups is 1. The molecule has 1 amide bonds. The van der Waals surface area contributed by atoms with Crippen LogP contribution < -0.4 is 5.32 Å². The van der Waals surface area contributed by atoms with Crippen molar-refractivity contribution >= 4 is 17.7 Å². The molecule has 1 atom stereocenters. The third kappa shape index (κ3) is 2.46. The molecule has 0 bridgehead atoms. The van der Waals surface area contributed by atoms with Gasteiger partial charge in [0.25, 0.3) is 0 Å². The van der Waals surface area contributed by atoms with Gasteiger partial charge in [-0.15, -0.1) is 0 Å². The van der Waals surface area contributed by atoms with Crippen LogP contribution in [0, 0.1) is 5.82 Å². The minimum atomic E-state index is -3.31. The van der Waals surface area contributed by atoms with Crippen LogP contribution in [0.5, 0.6) is 0 Å². The number of ether oxygens (including phenoxy) is 1. The van der Waals surface area contributed by atoms with Crippen molar-refractivity contribution in [3.05, 3.63) is 34.6 Å². The third-order valence-electron chi connectivity index (χ3n) is 2.30. The third-order valence-corrected chi connectivity index (χ3v) is 2.52. The Kier molecular flexibility index (Phi) is 2.91. The molecule has 0 unspecified atom stereocenters. The quantitative estimate of drug-likeness (QED) is 0.848. The zero-order valence-corrected chi connectivity index (χ0v) is 9.10. The fraction of sp³-hybridized carbons (Fsp3) is 0.300. The first-order valence-corrected chi connectivity index (χ1v) is 5.03. The Morgan fingerprint density at radius 3 is 2.76 bits per heavy atom. The number of halogens is 4. The average molecular weight is 266 g/mol. The summed E-state index contributed by atoms with van der Waals surface area (Å²) in [7, 11) is 0. The van der Waals surface area contributed by atoms with E-state index < -0.39 is 30.5 Å². The van der Waals surface area contributed by atoms with E-state index in [0.29, 0.717) is 0 Å². The van der Waals surface area contributed by atoms with Gasteiger partial charge in [0.05, 0.1) is 0 Å². The van der Waals surface area contributed by atoms with Crippen molar-refractivity contribution in [1.82, 2.24) is 5.32 Å². The Balaban J connectivity index is 2.39. The van der Waals surface area contributed by atoms with Crippen molar-refractivity contribution in [3.63, 3.8) is 0 Å². The molecule has 3 nitrogen and oxygen atoms in total. The second kappa shape index (κ2) is 4.10. The summed E-state index contributed by atoms with van der Waals surface area (Å²) < 4.78 is 44.2. The molecule has 0 radical (unpaired) electrons. The second-order valence-corrected chi connectivity index (χ2v) is 4.05. The monoisotopic (exact) mass is 265 g/mol. The van der Waals surface area contributed by atoms with E-state index in [4.69, 9.17) is 11.6 Å². The molecule has 1 N–H and O–H groups in total. The van der Waals surface area contributed by atoms with Gasteiger partial charge in [0.2, 0.25) is 0 Å². The molecule has 1 saturated heterocycles. The van der Waals surface area contributed by atoms with E-state index in [1.807, 2.05) is 5.32 Å². The zero-order chi connectivity index (χ0) is 12.6. The van der Waals surface area contributed by atoms with Crippen molar-refractivity contribution in [1.29, 1.82) is 0 Å². The summed E-state index contributed by atoms with van der Waals surface area (Å²) in [4.78, 5) is 10.9. The number of amides is 1. The number of nitrogens with one attached hydrogen (secondary N) is 1. The van der Waals surface area contributed by atoms with Crippen LogP contribution in [0.15, 0.2) is 18.2 Å². The van der Waals surface area contributed by atoms with Crippen LogP contribution in [0.25, 0.3) is 0 Å². The standard InChI is InChI=1S/C10H7ClF3NO2/c11-6-1-5(2-7(12)3-6)8-10(13,14)4-17-9(16)15-8/h1-3,8H,4H2,(H,15,16)/t8-/m1/s1. The molecular formula is C10H7ClF3NO2. The van der Waals surface area contributed by atoms with Crippen molar-refractivity contribution in [3.8, 4) is 0 Å². The van der Waals surface area contributed by atoms with Gasteiger partial charge in [-0.3, -0.25) is 0 Å². The Morgan fingerprint density at radius 1 is 1.41 bits per heavy atom. The Labute approximate surface area is 99.5 Å². The van der Waals surface area contributed by atoms with Gasteiger partial charge >= 0.3 is 12.0 Å². The number of alkyl halides is 2. The minimum absolute atomic E-state index is 0.0171. The summed E-state index contributed by atoms with van der Waals surface area (Å²) in [6, 6.07) is 1.42. The Morgan fingerprint density at radius 2 is 2.12 bits per heavy atom. The van der Waals surface area contributed by atoms with Crippen molar-refractivity contribution in [2.24, 2.45) is 0 Å². The minimum Gasteiger partial charge on any atom is -0.443 e. The van der Waals surface area contributed by atoms with E-state index in [1.165, 1.54) is 6.07 Å². The summed E-state index contributed by atoms with van der Waals surface area (Å²) in [6.45, 7) is -1.04. The molecule has 1 heterocycles. The van der Waals surface area contributed by atoms with Gasteiger partial charge in [0.1, 0.15) is 11.9 Å². The van der Waals surface area contributed by atoms with Crippen LogP contribution >= 0.6 is 11.6 Å². The van der Waals surface area contributed by atoms with E-state index in [1.54, 1.807) is 0 Å².